The molecule has 0 fully saturated rings. The summed E-state index contributed by atoms with van der Waals surface area (Å²) < 4.78 is 18.5. The number of hydrogen-bond acceptors (Lipinski definition) is 3. The second kappa shape index (κ2) is 7.34. The SMILES string of the molecule is CCc1ccc(-n2cccc2-c2cc(OC)c(OC)c(OC)c2)cc1. The molecule has 0 unspecified atom stereocenters. The molecule has 0 bridgehead atoms. The van der Waals surface area contributed by atoms with E-state index in [1.165, 1.54) is 5.56 Å². The Morgan fingerprint density at radius 2 is 1.48 bits per heavy atom. The van der Waals surface area contributed by atoms with Crippen LogP contribution in [0.15, 0.2) is 54.7 Å². The van der Waals surface area contributed by atoms with Crippen molar-refractivity contribution in [2.75, 3.05) is 21.3 Å². The van der Waals surface area contributed by atoms with Gasteiger partial charge >= 0.3 is 0 Å². The van der Waals surface area contributed by atoms with Crippen molar-refractivity contribution in [1.29, 1.82) is 0 Å². The highest BCUT2D eigenvalue weighted by molar-refractivity contribution is 5.70. The van der Waals surface area contributed by atoms with Crippen molar-refractivity contribution < 1.29 is 14.2 Å². The summed E-state index contributed by atoms with van der Waals surface area (Å²) in [7, 11) is 4.87. The minimum absolute atomic E-state index is 0.596. The van der Waals surface area contributed by atoms with E-state index in [-0.39, 0.29) is 0 Å². The second-order valence-electron chi connectivity index (χ2n) is 5.70. The fraction of sp³-hybridized carbons (Fsp3) is 0.238. The fourth-order valence-corrected chi connectivity index (χ4v) is 2.96. The molecule has 0 aliphatic rings. The van der Waals surface area contributed by atoms with E-state index >= 15 is 0 Å². The third-order valence-corrected chi connectivity index (χ3v) is 4.33. The van der Waals surface area contributed by atoms with E-state index < -0.39 is 0 Å². The van der Waals surface area contributed by atoms with E-state index in [0.717, 1.165) is 23.4 Å². The van der Waals surface area contributed by atoms with E-state index in [9.17, 15) is 0 Å². The van der Waals surface area contributed by atoms with Crippen LogP contribution < -0.4 is 14.2 Å². The van der Waals surface area contributed by atoms with Crippen LogP contribution in [-0.4, -0.2) is 25.9 Å². The predicted octanol–water partition coefficient (Wildman–Crippen LogP) is 4.73. The Kier molecular flexibility index (Phi) is 4.98. The number of hydrogen-bond donors (Lipinski definition) is 0. The molecule has 3 rings (SSSR count). The van der Waals surface area contributed by atoms with Crippen molar-refractivity contribution in [3.63, 3.8) is 0 Å². The van der Waals surface area contributed by atoms with Crippen LogP contribution in [0.25, 0.3) is 16.9 Å². The van der Waals surface area contributed by atoms with Crippen molar-refractivity contribution in [2.45, 2.75) is 13.3 Å². The van der Waals surface area contributed by atoms with E-state index in [0.29, 0.717) is 17.2 Å². The van der Waals surface area contributed by atoms with Gasteiger partial charge in [0.1, 0.15) is 0 Å². The van der Waals surface area contributed by atoms with Gasteiger partial charge in [-0.05, 0) is 48.4 Å². The van der Waals surface area contributed by atoms with Crippen LogP contribution in [0.2, 0.25) is 0 Å². The van der Waals surface area contributed by atoms with Crippen LogP contribution in [0.4, 0.5) is 0 Å². The number of aromatic nitrogens is 1. The first-order valence-electron chi connectivity index (χ1n) is 8.28. The van der Waals surface area contributed by atoms with Gasteiger partial charge in [0.2, 0.25) is 5.75 Å². The van der Waals surface area contributed by atoms with Gasteiger partial charge in [-0.3, -0.25) is 0 Å². The molecule has 3 aromatic rings. The molecule has 0 aliphatic heterocycles. The highest BCUT2D eigenvalue weighted by Gasteiger charge is 2.16. The molecule has 4 heteroatoms. The number of benzene rings is 2. The van der Waals surface area contributed by atoms with Crippen molar-refractivity contribution in [3.05, 3.63) is 60.3 Å². The monoisotopic (exact) mass is 337 g/mol. The molecule has 1 aromatic heterocycles. The van der Waals surface area contributed by atoms with Gasteiger partial charge in [-0.1, -0.05) is 19.1 Å². The highest BCUT2D eigenvalue weighted by atomic mass is 16.5. The Balaban J connectivity index is 2.10. The Labute approximate surface area is 148 Å². The summed E-state index contributed by atoms with van der Waals surface area (Å²) in [5, 5.41) is 0. The minimum Gasteiger partial charge on any atom is -0.493 e. The lowest BCUT2D eigenvalue weighted by atomic mass is 10.1. The third-order valence-electron chi connectivity index (χ3n) is 4.33. The molecule has 0 N–H and O–H groups in total. The maximum Gasteiger partial charge on any atom is 0.203 e. The van der Waals surface area contributed by atoms with Crippen molar-refractivity contribution in [2.24, 2.45) is 0 Å². The average Bonchev–Trinajstić information content (AvgIpc) is 3.16. The zero-order valence-electron chi connectivity index (χ0n) is 15.1. The van der Waals surface area contributed by atoms with Crippen LogP contribution in [0, 0.1) is 0 Å². The molecule has 4 nitrogen and oxygen atoms in total. The van der Waals surface area contributed by atoms with Crippen LogP contribution in [-0.2, 0) is 6.42 Å². The maximum atomic E-state index is 5.48. The molecule has 2 aromatic carbocycles. The van der Waals surface area contributed by atoms with Gasteiger partial charge in [-0.2, -0.15) is 0 Å². The quantitative estimate of drug-likeness (QED) is 0.652. The van der Waals surface area contributed by atoms with Crippen molar-refractivity contribution in [1.82, 2.24) is 4.57 Å². The predicted molar refractivity (Wildman–Crippen MR) is 100 cm³/mol. The summed E-state index contributed by atoms with van der Waals surface area (Å²) in [6, 6.07) is 16.6. The van der Waals surface area contributed by atoms with E-state index in [2.05, 4.69) is 48.0 Å². The lowest BCUT2D eigenvalue weighted by Crippen LogP contribution is -1.98. The summed E-state index contributed by atoms with van der Waals surface area (Å²) in [6.07, 6.45) is 3.09. The topological polar surface area (TPSA) is 32.6 Å². The average molecular weight is 337 g/mol. The molecule has 1 heterocycles. The Hall–Kier alpha value is -2.88. The van der Waals surface area contributed by atoms with Crippen LogP contribution in [0.5, 0.6) is 17.2 Å². The Bertz CT molecular complexity index is 825. The first-order valence-corrected chi connectivity index (χ1v) is 8.28. The van der Waals surface area contributed by atoms with Gasteiger partial charge in [0, 0.05) is 17.4 Å². The maximum absolute atomic E-state index is 5.48. The zero-order chi connectivity index (χ0) is 17.8. The molecule has 0 atom stereocenters. The van der Waals surface area contributed by atoms with Gasteiger partial charge in [-0.25, -0.2) is 0 Å². The molecule has 0 amide bonds. The van der Waals surface area contributed by atoms with Gasteiger partial charge in [0.15, 0.2) is 11.5 Å². The van der Waals surface area contributed by atoms with Gasteiger partial charge < -0.3 is 18.8 Å². The minimum atomic E-state index is 0.596. The molecule has 0 spiro atoms. The summed E-state index contributed by atoms with van der Waals surface area (Å²) in [5.41, 5.74) is 4.50. The van der Waals surface area contributed by atoms with Crippen LogP contribution in [0.3, 0.4) is 0 Å². The highest BCUT2D eigenvalue weighted by Crippen LogP contribution is 2.41. The number of ether oxygens (including phenoxy) is 3. The summed E-state index contributed by atoms with van der Waals surface area (Å²) in [5.74, 6) is 1.89. The summed E-state index contributed by atoms with van der Waals surface area (Å²) in [4.78, 5) is 0. The fourth-order valence-electron chi connectivity index (χ4n) is 2.96. The number of rotatable bonds is 6. The lowest BCUT2D eigenvalue weighted by Gasteiger charge is -2.16. The van der Waals surface area contributed by atoms with E-state index in [1.54, 1.807) is 21.3 Å². The molecular formula is C21H23NO3. The zero-order valence-corrected chi connectivity index (χ0v) is 15.1. The molecular weight excluding hydrogens is 314 g/mol. The number of aryl methyl sites for hydroxylation is 1. The summed E-state index contributed by atoms with van der Waals surface area (Å²) in [6.45, 7) is 2.16. The molecule has 25 heavy (non-hydrogen) atoms. The summed E-state index contributed by atoms with van der Waals surface area (Å²) >= 11 is 0. The van der Waals surface area contributed by atoms with Crippen LogP contribution >= 0.6 is 0 Å². The molecule has 0 radical (unpaired) electrons. The second-order valence-corrected chi connectivity index (χ2v) is 5.70. The molecule has 0 aliphatic carbocycles. The molecule has 130 valence electrons. The van der Waals surface area contributed by atoms with Crippen molar-refractivity contribution >= 4 is 0 Å². The third kappa shape index (κ3) is 3.20. The van der Waals surface area contributed by atoms with Crippen molar-refractivity contribution in [3.8, 4) is 34.2 Å². The first kappa shape index (κ1) is 17.0. The first-order chi connectivity index (χ1) is 12.2. The number of methoxy groups -OCH3 is 3. The molecule has 0 saturated carbocycles. The van der Waals surface area contributed by atoms with E-state index in [1.807, 2.05) is 18.2 Å². The van der Waals surface area contributed by atoms with E-state index in [4.69, 9.17) is 14.2 Å². The van der Waals surface area contributed by atoms with Crippen LogP contribution in [0.1, 0.15) is 12.5 Å². The Morgan fingerprint density at radius 1 is 0.840 bits per heavy atom. The smallest absolute Gasteiger partial charge is 0.203 e. The lowest BCUT2D eigenvalue weighted by molar-refractivity contribution is 0.324. The number of nitrogens with zero attached hydrogens (tertiary/aromatic N) is 1. The Morgan fingerprint density at radius 3 is 2.00 bits per heavy atom. The largest absolute Gasteiger partial charge is 0.493 e. The van der Waals surface area contributed by atoms with Gasteiger partial charge in [0.05, 0.1) is 27.0 Å². The van der Waals surface area contributed by atoms with Gasteiger partial charge in [0.25, 0.3) is 0 Å². The molecule has 0 saturated heterocycles. The standard InChI is InChI=1S/C21H23NO3/c1-5-15-8-10-17(11-9-15)22-12-6-7-18(22)16-13-19(23-2)21(25-4)20(14-16)24-3/h6-14H,5H2,1-4H3. The van der Waals surface area contributed by atoms with Gasteiger partial charge in [-0.15, -0.1) is 0 Å². The normalized spacial score (nSPS) is 10.6.